The first-order valence-corrected chi connectivity index (χ1v) is 16.2. The summed E-state index contributed by atoms with van der Waals surface area (Å²) in [6, 6.07) is 9.16. The van der Waals surface area contributed by atoms with Gasteiger partial charge in [-0.3, -0.25) is 4.79 Å². The van der Waals surface area contributed by atoms with Gasteiger partial charge in [0, 0.05) is 4.90 Å². The molecule has 6 nitrogen and oxygen atoms in total. The highest BCUT2D eigenvalue weighted by Gasteiger charge is 2.55. The molecule has 0 unspecified atom stereocenters. The molecule has 34 heavy (non-hydrogen) atoms. The van der Waals surface area contributed by atoms with E-state index < -0.39 is 47.5 Å². The lowest BCUT2D eigenvalue weighted by Gasteiger charge is -2.54. The Bertz CT molecular complexity index is 862. The molecule has 1 aromatic carbocycles. The summed E-state index contributed by atoms with van der Waals surface area (Å²) in [6.07, 6.45) is -1.41. The molecule has 1 amide bonds. The van der Waals surface area contributed by atoms with E-state index in [1.807, 2.05) is 44.2 Å². The highest BCUT2D eigenvalue weighted by atomic mass is 35.6. The third-order valence-corrected chi connectivity index (χ3v) is 12.6. The minimum Gasteiger partial charge on any atom is -0.409 e. The number of carbonyl (C=O) groups is 1. The van der Waals surface area contributed by atoms with Gasteiger partial charge in [0.05, 0.1) is 18.8 Å². The summed E-state index contributed by atoms with van der Waals surface area (Å²) in [5.41, 5.74) is -0.525. The van der Waals surface area contributed by atoms with Crippen molar-refractivity contribution in [1.82, 2.24) is 5.32 Å². The molecule has 2 heterocycles. The molecular weight excluding hydrogens is 537 g/mol. The maximum absolute atomic E-state index is 12.8. The molecule has 2 fully saturated rings. The standard InChI is InChI=1S/C23H34Cl3NO5SSi/c1-21(2,3)34(6,7)32-18-16(27-20(28)23(24,25)26)19(33-14-11-9-8-10-12-14)30-15-13-29-22(4,5)31-17(15)18/h8-12,15-19H,13H2,1-7H3,(H,27,28)/t15-,16-,17-,18-,19+/m1/s1. The second-order valence-electron chi connectivity index (χ2n) is 10.6. The maximum Gasteiger partial charge on any atom is 0.272 e. The minimum atomic E-state index is -2.31. The molecule has 2 saturated heterocycles. The van der Waals surface area contributed by atoms with Crippen LogP contribution in [0, 0.1) is 0 Å². The van der Waals surface area contributed by atoms with Crippen LogP contribution in [0.15, 0.2) is 35.2 Å². The Morgan fingerprint density at radius 3 is 2.35 bits per heavy atom. The topological polar surface area (TPSA) is 66.0 Å². The normalized spacial score (nSPS) is 29.9. The number of alkyl halides is 3. The molecule has 11 heteroatoms. The van der Waals surface area contributed by atoms with Crippen LogP contribution in [-0.2, 0) is 23.4 Å². The quantitative estimate of drug-likeness (QED) is 0.351. The SMILES string of the molecule is CC1(C)OC[C@H]2O[C@@H](Sc3ccccc3)[C@H](NC(=O)C(Cl)(Cl)Cl)[C@@H](O[Si](C)(C)C(C)(C)C)[C@@H]2O1. The molecule has 2 aliphatic rings. The highest BCUT2D eigenvalue weighted by Crippen LogP contribution is 2.44. The van der Waals surface area contributed by atoms with E-state index in [1.165, 1.54) is 11.8 Å². The van der Waals surface area contributed by atoms with Gasteiger partial charge in [0.15, 0.2) is 14.1 Å². The predicted octanol–water partition coefficient (Wildman–Crippen LogP) is 5.90. The molecule has 5 atom stereocenters. The molecule has 0 spiro atoms. The van der Waals surface area contributed by atoms with Crippen molar-refractivity contribution < 1.29 is 23.4 Å². The van der Waals surface area contributed by atoms with Crippen LogP contribution in [0.5, 0.6) is 0 Å². The van der Waals surface area contributed by atoms with Crippen molar-refractivity contribution in [2.45, 2.75) is 97.0 Å². The fraction of sp³-hybridized carbons (Fsp3) is 0.696. The summed E-state index contributed by atoms with van der Waals surface area (Å²) in [4.78, 5) is 13.8. The van der Waals surface area contributed by atoms with Crippen LogP contribution in [-0.4, -0.2) is 60.2 Å². The van der Waals surface area contributed by atoms with E-state index in [2.05, 4.69) is 39.2 Å². The molecule has 2 aliphatic heterocycles. The minimum absolute atomic E-state index is 0.0761. The van der Waals surface area contributed by atoms with Crippen LogP contribution in [0.3, 0.4) is 0 Å². The molecule has 0 saturated carbocycles. The molecule has 0 aromatic heterocycles. The Labute approximate surface area is 222 Å². The van der Waals surface area contributed by atoms with Gasteiger partial charge in [0.1, 0.15) is 17.6 Å². The Hall–Kier alpha value is -0.0331. The molecule has 1 N–H and O–H groups in total. The maximum atomic E-state index is 12.8. The van der Waals surface area contributed by atoms with E-state index in [9.17, 15) is 4.79 Å². The highest BCUT2D eigenvalue weighted by molar-refractivity contribution is 7.99. The number of nitrogens with one attached hydrogen (secondary N) is 1. The molecule has 3 rings (SSSR count). The number of hydrogen-bond donors (Lipinski definition) is 1. The van der Waals surface area contributed by atoms with E-state index in [0.717, 1.165) is 4.90 Å². The largest absolute Gasteiger partial charge is 0.409 e. The molecule has 0 radical (unpaired) electrons. The zero-order valence-electron chi connectivity index (χ0n) is 20.6. The Morgan fingerprint density at radius 2 is 1.79 bits per heavy atom. The summed E-state index contributed by atoms with van der Waals surface area (Å²) in [5, 5.41) is 2.83. The smallest absolute Gasteiger partial charge is 0.272 e. The summed E-state index contributed by atoms with van der Waals surface area (Å²) in [6.45, 7) is 14.9. The first kappa shape index (κ1) is 28.5. The van der Waals surface area contributed by atoms with E-state index >= 15 is 0 Å². The van der Waals surface area contributed by atoms with E-state index in [0.29, 0.717) is 6.61 Å². The summed E-state index contributed by atoms with van der Waals surface area (Å²) in [7, 11) is -2.31. The van der Waals surface area contributed by atoms with Crippen LogP contribution in [0.2, 0.25) is 18.1 Å². The zero-order chi connectivity index (χ0) is 25.5. The van der Waals surface area contributed by atoms with Crippen LogP contribution >= 0.6 is 46.6 Å². The number of rotatable bonds is 5. The second-order valence-corrected chi connectivity index (χ2v) is 18.8. The third-order valence-electron chi connectivity index (χ3n) is 6.45. The number of benzene rings is 1. The monoisotopic (exact) mass is 569 g/mol. The number of hydrogen-bond acceptors (Lipinski definition) is 6. The third kappa shape index (κ3) is 6.84. The Morgan fingerprint density at radius 1 is 1.18 bits per heavy atom. The van der Waals surface area contributed by atoms with Crippen molar-refractivity contribution in [2.75, 3.05) is 6.61 Å². The van der Waals surface area contributed by atoms with Crippen LogP contribution in [0.4, 0.5) is 0 Å². The van der Waals surface area contributed by atoms with Gasteiger partial charge in [-0.25, -0.2) is 0 Å². The second kappa shape index (κ2) is 10.4. The van der Waals surface area contributed by atoms with Gasteiger partial charge >= 0.3 is 0 Å². The van der Waals surface area contributed by atoms with Gasteiger partial charge in [-0.05, 0) is 44.1 Å². The number of thioether (sulfide) groups is 1. The van der Waals surface area contributed by atoms with E-state index in [-0.39, 0.29) is 11.1 Å². The van der Waals surface area contributed by atoms with E-state index in [4.69, 9.17) is 53.4 Å². The average molecular weight is 571 g/mol. The average Bonchev–Trinajstić information content (AvgIpc) is 2.69. The number of amides is 1. The first-order chi connectivity index (χ1) is 15.5. The van der Waals surface area contributed by atoms with Gasteiger partial charge in [0.25, 0.3) is 9.70 Å². The lowest BCUT2D eigenvalue weighted by Crippen LogP contribution is -2.70. The lowest BCUT2D eigenvalue weighted by molar-refractivity contribution is -0.340. The van der Waals surface area contributed by atoms with Crippen molar-refractivity contribution in [3.05, 3.63) is 30.3 Å². The fourth-order valence-corrected chi connectivity index (χ4v) is 6.23. The van der Waals surface area contributed by atoms with Gasteiger partial charge in [-0.1, -0.05) is 85.5 Å². The van der Waals surface area contributed by atoms with Crippen molar-refractivity contribution in [3.63, 3.8) is 0 Å². The summed E-state index contributed by atoms with van der Waals surface area (Å²) in [5.74, 6) is -1.57. The Kier molecular flexibility index (Phi) is 8.71. The van der Waals surface area contributed by atoms with Gasteiger partial charge in [-0.15, -0.1) is 0 Å². The van der Waals surface area contributed by atoms with Crippen molar-refractivity contribution >= 4 is 60.8 Å². The van der Waals surface area contributed by atoms with Gasteiger partial charge in [-0.2, -0.15) is 0 Å². The lowest BCUT2D eigenvalue weighted by atomic mass is 9.96. The summed E-state index contributed by atoms with van der Waals surface area (Å²) >= 11 is 19.3. The zero-order valence-corrected chi connectivity index (χ0v) is 24.6. The van der Waals surface area contributed by atoms with Crippen molar-refractivity contribution in [1.29, 1.82) is 0 Å². The molecule has 0 bridgehead atoms. The Balaban J connectivity index is 2.03. The van der Waals surface area contributed by atoms with Crippen LogP contribution in [0.1, 0.15) is 34.6 Å². The van der Waals surface area contributed by atoms with Crippen molar-refractivity contribution in [2.24, 2.45) is 0 Å². The molecule has 1 aromatic rings. The predicted molar refractivity (Wildman–Crippen MR) is 140 cm³/mol. The summed E-state index contributed by atoms with van der Waals surface area (Å²) < 4.78 is 23.5. The van der Waals surface area contributed by atoms with Gasteiger partial charge in [0.2, 0.25) is 0 Å². The number of carbonyl (C=O) groups excluding carboxylic acids is 1. The number of fused-ring (bicyclic) bond motifs is 1. The van der Waals surface area contributed by atoms with Crippen LogP contribution in [0.25, 0.3) is 0 Å². The van der Waals surface area contributed by atoms with E-state index in [1.54, 1.807) is 0 Å². The molecule has 192 valence electrons. The van der Waals surface area contributed by atoms with Gasteiger partial charge < -0.3 is 24.0 Å². The fourth-order valence-electron chi connectivity index (χ4n) is 3.60. The van der Waals surface area contributed by atoms with Crippen molar-refractivity contribution in [3.8, 4) is 0 Å². The van der Waals surface area contributed by atoms with Crippen LogP contribution < -0.4 is 5.32 Å². The molecule has 0 aliphatic carbocycles. The first-order valence-electron chi connectivity index (χ1n) is 11.2. The molecular formula is C23H34Cl3NO5SSi. The number of ether oxygens (including phenoxy) is 3. The number of halogens is 3.